The molecule has 1 unspecified atom stereocenters. The van der Waals surface area contributed by atoms with Crippen molar-refractivity contribution in [1.82, 2.24) is 9.21 Å². The third-order valence-electron chi connectivity index (χ3n) is 4.43. The molecule has 2 rings (SSSR count). The van der Waals surface area contributed by atoms with Gasteiger partial charge in [-0.25, -0.2) is 8.42 Å². The number of hydrogen-bond acceptors (Lipinski definition) is 4. The van der Waals surface area contributed by atoms with Crippen molar-refractivity contribution in [3.05, 3.63) is 29.8 Å². The number of carboxylic acid groups (broad SMARTS) is 1. The fourth-order valence-electron chi connectivity index (χ4n) is 2.86. The summed E-state index contributed by atoms with van der Waals surface area (Å²) < 4.78 is 27.0. The first-order valence-corrected chi connectivity index (χ1v) is 9.80. The van der Waals surface area contributed by atoms with Gasteiger partial charge in [-0.15, -0.1) is 0 Å². The van der Waals surface area contributed by atoms with Gasteiger partial charge >= 0.3 is 5.97 Å². The molecular weight excluding hydrogens is 344 g/mol. The molecule has 0 spiro atoms. The van der Waals surface area contributed by atoms with E-state index in [9.17, 15) is 18.0 Å². The Morgan fingerprint density at radius 3 is 2.60 bits per heavy atom. The van der Waals surface area contributed by atoms with Crippen molar-refractivity contribution >= 4 is 21.9 Å². The minimum absolute atomic E-state index is 0.0608. The third kappa shape index (κ3) is 4.19. The lowest BCUT2D eigenvalue weighted by Crippen LogP contribution is -2.33. The number of carbonyl (C=O) groups is 2. The highest BCUT2D eigenvalue weighted by Crippen LogP contribution is 2.27. The first-order chi connectivity index (χ1) is 11.8. The summed E-state index contributed by atoms with van der Waals surface area (Å²) >= 11 is 0. The quantitative estimate of drug-likeness (QED) is 0.790. The van der Waals surface area contributed by atoms with E-state index in [2.05, 4.69) is 0 Å². The highest BCUT2D eigenvalue weighted by atomic mass is 32.2. The van der Waals surface area contributed by atoms with Gasteiger partial charge < -0.3 is 10.0 Å². The second-order valence-corrected chi connectivity index (χ2v) is 8.17. The Morgan fingerprint density at radius 2 is 2.00 bits per heavy atom. The van der Waals surface area contributed by atoms with Crippen LogP contribution in [0.2, 0.25) is 0 Å². The maximum atomic E-state index is 12.9. The smallest absolute Gasteiger partial charge is 0.307 e. The molecule has 1 saturated heterocycles. The average Bonchev–Trinajstić information content (AvgIpc) is 3.10. The Hall–Kier alpha value is -1.93. The predicted molar refractivity (Wildman–Crippen MR) is 92.8 cm³/mol. The maximum absolute atomic E-state index is 12.9. The van der Waals surface area contributed by atoms with Crippen molar-refractivity contribution in [2.24, 2.45) is 5.92 Å². The Morgan fingerprint density at radius 1 is 1.32 bits per heavy atom. The van der Waals surface area contributed by atoms with Crippen LogP contribution in [0, 0.1) is 5.92 Å². The summed E-state index contributed by atoms with van der Waals surface area (Å²) in [5, 5.41) is 9.08. The van der Waals surface area contributed by atoms with E-state index in [1.807, 2.05) is 6.92 Å². The second-order valence-electron chi connectivity index (χ2n) is 6.26. The molecular formula is C17H24N2O5S. The number of carboxylic acids is 1. The van der Waals surface area contributed by atoms with Crippen LogP contribution >= 0.6 is 0 Å². The number of benzene rings is 1. The molecule has 0 bridgehead atoms. The molecule has 138 valence electrons. The summed E-state index contributed by atoms with van der Waals surface area (Å²) in [6, 6.07) is 6.11. The molecule has 0 aromatic heterocycles. The van der Waals surface area contributed by atoms with Crippen LogP contribution in [0.1, 0.15) is 36.5 Å². The van der Waals surface area contributed by atoms with Gasteiger partial charge in [-0.05, 0) is 25.0 Å². The fraction of sp³-hybridized carbons (Fsp3) is 0.529. The van der Waals surface area contributed by atoms with Crippen LogP contribution in [0.25, 0.3) is 0 Å². The first-order valence-electron chi connectivity index (χ1n) is 8.36. The molecule has 1 N–H and O–H groups in total. The highest BCUT2D eigenvalue weighted by molar-refractivity contribution is 7.89. The monoisotopic (exact) mass is 368 g/mol. The van der Waals surface area contributed by atoms with Crippen molar-refractivity contribution in [3.63, 3.8) is 0 Å². The van der Waals surface area contributed by atoms with Crippen molar-refractivity contribution in [2.75, 3.05) is 26.7 Å². The largest absolute Gasteiger partial charge is 0.481 e. The van der Waals surface area contributed by atoms with Gasteiger partial charge in [0.05, 0.1) is 16.4 Å². The van der Waals surface area contributed by atoms with Gasteiger partial charge in [0.2, 0.25) is 10.0 Å². The lowest BCUT2D eigenvalue weighted by Gasteiger charge is -2.21. The number of sulfonamides is 1. The summed E-state index contributed by atoms with van der Waals surface area (Å²) in [4.78, 5) is 25.2. The molecule has 1 atom stereocenters. The highest BCUT2D eigenvalue weighted by Gasteiger charge is 2.37. The van der Waals surface area contributed by atoms with Gasteiger partial charge in [-0.3, -0.25) is 9.59 Å². The van der Waals surface area contributed by atoms with Crippen LogP contribution in [0.15, 0.2) is 29.2 Å². The van der Waals surface area contributed by atoms with E-state index in [0.717, 1.165) is 17.1 Å². The summed E-state index contributed by atoms with van der Waals surface area (Å²) in [6.45, 7) is 2.65. The minimum Gasteiger partial charge on any atom is -0.481 e. The number of hydrogen-bond donors (Lipinski definition) is 1. The van der Waals surface area contributed by atoms with E-state index < -0.39 is 21.9 Å². The fourth-order valence-corrected chi connectivity index (χ4v) is 4.54. The number of aliphatic carboxylic acids is 1. The van der Waals surface area contributed by atoms with Crippen LogP contribution < -0.4 is 0 Å². The normalized spacial score (nSPS) is 18.2. The zero-order chi connectivity index (χ0) is 18.6. The number of rotatable bonds is 7. The second kappa shape index (κ2) is 7.97. The van der Waals surface area contributed by atoms with Crippen LogP contribution in [0.5, 0.6) is 0 Å². The zero-order valence-electron chi connectivity index (χ0n) is 14.5. The molecule has 7 nitrogen and oxygen atoms in total. The summed E-state index contributed by atoms with van der Waals surface area (Å²) in [6.07, 6.45) is 2.05. The molecule has 25 heavy (non-hydrogen) atoms. The third-order valence-corrected chi connectivity index (χ3v) is 6.35. The zero-order valence-corrected chi connectivity index (χ0v) is 15.3. The van der Waals surface area contributed by atoms with E-state index in [-0.39, 0.29) is 35.9 Å². The van der Waals surface area contributed by atoms with Crippen molar-refractivity contribution in [1.29, 1.82) is 0 Å². The average molecular weight is 368 g/mol. The van der Waals surface area contributed by atoms with Crippen LogP contribution in [0.4, 0.5) is 0 Å². The molecule has 0 radical (unpaired) electrons. The topological polar surface area (TPSA) is 95.0 Å². The maximum Gasteiger partial charge on any atom is 0.307 e. The van der Waals surface area contributed by atoms with Gasteiger partial charge in [0.25, 0.3) is 5.91 Å². The molecule has 1 amide bonds. The predicted octanol–water partition coefficient (Wildman–Crippen LogP) is 1.65. The molecule has 1 aromatic carbocycles. The number of nitrogens with zero attached hydrogens (tertiary/aromatic N) is 2. The first kappa shape index (κ1) is 19.4. The van der Waals surface area contributed by atoms with Gasteiger partial charge in [-0.2, -0.15) is 4.31 Å². The Balaban J connectivity index is 2.30. The molecule has 1 aliphatic heterocycles. The van der Waals surface area contributed by atoms with Crippen LogP contribution in [-0.2, 0) is 14.8 Å². The Labute approximate surface area is 148 Å². The Bertz CT molecular complexity index is 747. The van der Waals surface area contributed by atoms with Crippen molar-refractivity contribution in [3.8, 4) is 0 Å². The molecule has 0 aliphatic carbocycles. The minimum atomic E-state index is -3.91. The van der Waals surface area contributed by atoms with Crippen molar-refractivity contribution in [2.45, 2.75) is 31.1 Å². The summed E-state index contributed by atoms with van der Waals surface area (Å²) in [5.41, 5.74) is 0.125. The number of carbonyl (C=O) groups excluding carboxylic acids is 1. The molecule has 1 aliphatic rings. The van der Waals surface area contributed by atoms with E-state index in [1.165, 1.54) is 17.0 Å². The lowest BCUT2D eigenvalue weighted by atomic mass is 10.1. The van der Waals surface area contributed by atoms with Crippen LogP contribution in [-0.4, -0.2) is 61.3 Å². The van der Waals surface area contributed by atoms with E-state index in [4.69, 9.17) is 5.11 Å². The van der Waals surface area contributed by atoms with E-state index >= 15 is 0 Å². The van der Waals surface area contributed by atoms with Crippen LogP contribution in [0.3, 0.4) is 0 Å². The van der Waals surface area contributed by atoms with E-state index in [0.29, 0.717) is 6.54 Å². The van der Waals surface area contributed by atoms with Gasteiger partial charge in [0.15, 0.2) is 0 Å². The molecule has 8 heteroatoms. The standard InChI is InChI=1S/C17H24N2O5S/c1-3-4-10-18(2)16(20)14-7-5-6-8-15(14)25(23,24)19-11-9-13(12-19)17(21)22/h5-8,13H,3-4,9-12H2,1-2H3,(H,21,22). The summed E-state index contributed by atoms with van der Waals surface area (Å²) in [5.74, 6) is -2.05. The van der Waals surface area contributed by atoms with Gasteiger partial charge in [0, 0.05) is 26.7 Å². The van der Waals surface area contributed by atoms with Crippen molar-refractivity contribution < 1.29 is 23.1 Å². The molecule has 1 fully saturated rings. The lowest BCUT2D eigenvalue weighted by molar-refractivity contribution is -0.141. The molecule has 1 heterocycles. The SMILES string of the molecule is CCCCN(C)C(=O)c1ccccc1S(=O)(=O)N1CCC(C(=O)O)C1. The molecule has 1 aromatic rings. The summed E-state index contributed by atoms with van der Waals surface area (Å²) in [7, 11) is -2.26. The Kier molecular flexibility index (Phi) is 6.18. The van der Waals surface area contributed by atoms with Gasteiger partial charge in [0.1, 0.15) is 0 Å². The number of amides is 1. The molecule has 0 saturated carbocycles. The van der Waals surface area contributed by atoms with Gasteiger partial charge in [-0.1, -0.05) is 25.5 Å². The van der Waals surface area contributed by atoms with E-state index in [1.54, 1.807) is 19.2 Å². The number of unbranched alkanes of at least 4 members (excludes halogenated alkanes) is 1.